The minimum atomic E-state index is 0.203. The van der Waals surface area contributed by atoms with Crippen LogP contribution in [0.15, 0.2) is 18.2 Å². The smallest absolute Gasteiger partial charge is 0.254 e. The van der Waals surface area contributed by atoms with Gasteiger partial charge in [-0.2, -0.15) is 0 Å². The van der Waals surface area contributed by atoms with Crippen LogP contribution in [0.5, 0.6) is 0 Å². The van der Waals surface area contributed by atoms with E-state index in [4.69, 9.17) is 0 Å². The van der Waals surface area contributed by atoms with Crippen LogP contribution in [0.2, 0.25) is 0 Å². The van der Waals surface area contributed by atoms with E-state index in [9.17, 15) is 4.79 Å². The summed E-state index contributed by atoms with van der Waals surface area (Å²) in [5.41, 5.74) is 3.38. The van der Waals surface area contributed by atoms with Gasteiger partial charge in [-0.1, -0.05) is 32.9 Å². The summed E-state index contributed by atoms with van der Waals surface area (Å²) in [5, 5.41) is 0. The number of benzene rings is 1. The number of hydrogen-bond donors (Lipinski definition) is 0. The third kappa shape index (κ3) is 2.87. The largest absolute Gasteiger partial charge is 0.339 e. The summed E-state index contributed by atoms with van der Waals surface area (Å²) < 4.78 is 0. The van der Waals surface area contributed by atoms with Gasteiger partial charge in [-0.15, -0.1) is 0 Å². The number of rotatable bonds is 2. The normalized spacial score (nSPS) is 13.9. The van der Waals surface area contributed by atoms with E-state index in [1.165, 1.54) is 11.1 Å². The Morgan fingerprint density at radius 2 is 1.94 bits per heavy atom. The molecule has 2 nitrogen and oxygen atoms in total. The van der Waals surface area contributed by atoms with E-state index in [1.807, 2.05) is 25.7 Å². The minimum absolute atomic E-state index is 0.203. The Balaban J connectivity index is 0.000000686. The molecule has 0 saturated heterocycles. The Morgan fingerprint density at radius 3 is 2.53 bits per heavy atom. The number of hydrogen-bond acceptors (Lipinski definition) is 1. The van der Waals surface area contributed by atoms with E-state index in [-0.39, 0.29) is 5.91 Å². The quantitative estimate of drug-likeness (QED) is 0.767. The van der Waals surface area contributed by atoms with Crippen LogP contribution in [0.4, 0.5) is 0 Å². The van der Waals surface area contributed by atoms with Crippen molar-refractivity contribution in [2.45, 2.75) is 40.5 Å². The molecular formula is C15H23NO. The maximum atomic E-state index is 12.0. The Morgan fingerprint density at radius 1 is 1.24 bits per heavy atom. The van der Waals surface area contributed by atoms with E-state index < -0.39 is 0 Å². The summed E-state index contributed by atoms with van der Waals surface area (Å²) in [7, 11) is 0. The minimum Gasteiger partial charge on any atom is -0.339 e. The Kier molecular flexibility index (Phi) is 5.20. The molecule has 0 radical (unpaired) electrons. The van der Waals surface area contributed by atoms with Gasteiger partial charge in [-0.3, -0.25) is 4.79 Å². The topological polar surface area (TPSA) is 20.3 Å². The fourth-order valence-electron chi connectivity index (χ4n) is 2.09. The summed E-state index contributed by atoms with van der Waals surface area (Å²) in [6, 6.07) is 6.30. The molecule has 17 heavy (non-hydrogen) atoms. The Labute approximate surface area is 105 Å². The molecule has 1 amide bonds. The van der Waals surface area contributed by atoms with Gasteiger partial charge in [0, 0.05) is 18.7 Å². The first-order chi connectivity index (χ1) is 8.26. The second-order valence-corrected chi connectivity index (χ2v) is 3.98. The van der Waals surface area contributed by atoms with Crippen LogP contribution < -0.4 is 0 Å². The predicted octanol–water partition coefficient (Wildman–Crippen LogP) is 3.29. The van der Waals surface area contributed by atoms with Crippen molar-refractivity contribution in [2.75, 3.05) is 13.1 Å². The van der Waals surface area contributed by atoms with Crippen molar-refractivity contribution in [3.63, 3.8) is 0 Å². The zero-order valence-corrected chi connectivity index (χ0v) is 11.4. The molecule has 0 saturated carbocycles. The first-order valence-electron chi connectivity index (χ1n) is 6.67. The molecule has 1 aromatic rings. The third-order valence-electron chi connectivity index (χ3n) is 3.13. The van der Waals surface area contributed by atoms with Crippen molar-refractivity contribution < 1.29 is 4.79 Å². The zero-order valence-electron chi connectivity index (χ0n) is 11.4. The summed E-state index contributed by atoms with van der Waals surface area (Å²) in [4.78, 5) is 14.0. The second-order valence-electron chi connectivity index (χ2n) is 3.98. The molecule has 0 aromatic heterocycles. The number of likely N-dealkylation sites (N-methyl/N-ethyl adjacent to an activating group) is 1. The Hall–Kier alpha value is -1.31. The summed E-state index contributed by atoms with van der Waals surface area (Å²) in [5.74, 6) is 0.203. The van der Waals surface area contributed by atoms with Crippen LogP contribution in [0.25, 0.3) is 0 Å². The fraction of sp³-hybridized carbons (Fsp3) is 0.533. The zero-order chi connectivity index (χ0) is 12.8. The molecule has 0 bridgehead atoms. The number of aryl methyl sites for hydroxylation is 1. The summed E-state index contributed by atoms with van der Waals surface area (Å²) in [6.45, 7) is 9.83. The lowest BCUT2D eigenvalue weighted by molar-refractivity contribution is 0.0749. The Bertz CT molecular complexity index is 385. The number of nitrogens with zero attached hydrogens (tertiary/aromatic N) is 1. The maximum Gasteiger partial charge on any atom is 0.254 e. The number of carbonyl (C=O) groups excluding carboxylic acids is 1. The summed E-state index contributed by atoms with van der Waals surface area (Å²) >= 11 is 0. The molecular weight excluding hydrogens is 210 g/mol. The highest BCUT2D eigenvalue weighted by molar-refractivity contribution is 5.96. The first kappa shape index (κ1) is 13.8. The lowest BCUT2D eigenvalue weighted by Crippen LogP contribution is -2.37. The molecule has 0 fully saturated rings. The third-order valence-corrected chi connectivity index (χ3v) is 3.13. The molecule has 1 aromatic carbocycles. The van der Waals surface area contributed by atoms with E-state index in [0.717, 1.165) is 31.5 Å². The molecule has 1 aliphatic heterocycles. The SMILES string of the molecule is CC.CCc1ccc2c(c1)C(=O)N(CC)CC2. The van der Waals surface area contributed by atoms with Gasteiger partial charge < -0.3 is 4.90 Å². The van der Waals surface area contributed by atoms with Crippen LogP contribution in [0.3, 0.4) is 0 Å². The molecule has 2 rings (SSSR count). The van der Waals surface area contributed by atoms with Crippen molar-refractivity contribution in [3.05, 3.63) is 34.9 Å². The molecule has 1 aliphatic rings. The molecule has 0 atom stereocenters. The summed E-state index contributed by atoms with van der Waals surface area (Å²) in [6.07, 6.45) is 1.99. The maximum absolute atomic E-state index is 12.0. The van der Waals surface area contributed by atoms with Crippen LogP contribution in [-0.4, -0.2) is 23.9 Å². The second kappa shape index (κ2) is 6.43. The van der Waals surface area contributed by atoms with Gasteiger partial charge in [0.05, 0.1) is 0 Å². The van der Waals surface area contributed by atoms with Gasteiger partial charge in [0.15, 0.2) is 0 Å². The highest BCUT2D eigenvalue weighted by atomic mass is 16.2. The highest BCUT2D eigenvalue weighted by Crippen LogP contribution is 2.20. The van der Waals surface area contributed by atoms with Gasteiger partial charge >= 0.3 is 0 Å². The molecule has 0 spiro atoms. The first-order valence-corrected chi connectivity index (χ1v) is 6.67. The molecule has 0 aliphatic carbocycles. The lowest BCUT2D eigenvalue weighted by Gasteiger charge is -2.27. The molecule has 94 valence electrons. The van der Waals surface area contributed by atoms with Gasteiger partial charge in [0.25, 0.3) is 5.91 Å². The van der Waals surface area contributed by atoms with Crippen LogP contribution >= 0.6 is 0 Å². The number of amides is 1. The average Bonchev–Trinajstić information content (AvgIpc) is 2.41. The highest BCUT2D eigenvalue weighted by Gasteiger charge is 2.22. The van der Waals surface area contributed by atoms with E-state index >= 15 is 0 Å². The van der Waals surface area contributed by atoms with E-state index in [0.29, 0.717) is 0 Å². The molecule has 2 heteroatoms. The van der Waals surface area contributed by atoms with Crippen molar-refractivity contribution in [2.24, 2.45) is 0 Å². The van der Waals surface area contributed by atoms with Crippen LogP contribution in [0, 0.1) is 0 Å². The van der Waals surface area contributed by atoms with Gasteiger partial charge in [-0.25, -0.2) is 0 Å². The van der Waals surface area contributed by atoms with Crippen molar-refractivity contribution >= 4 is 5.91 Å². The van der Waals surface area contributed by atoms with Gasteiger partial charge in [-0.05, 0) is 37.0 Å². The molecule has 1 heterocycles. The van der Waals surface area contributed by atoms with Gasteiger partial charge in [0.2, 0.25) is 0 Å². The van der Waals surface area contributed by atoms with Crippen LogP contribution in [0.1, 0.15) is 49.2 Å². The van der Waals surface area contributed by atoms with E-state index in [1.54, 1.807) is 0 Å². The van der Waals surface area contributed by atoms with Gasteiger partial charge in [0.1, 0.15) is 0 Å². The predicted molar refractivity (Wildman–Crippen MR) is 72.4 cm³/mol. The monoisotopic (exact) mass is 233 g/mol. The average molecular weight is 233 g/mol. The molecule has 0 N–H and O–H groups in total. The number of carbonyl (C=O) groups is 1. The molecule has 0 unspecified atom stereocenters. The van der Waals surface area contributed by atoms with Crippen molar-refractivity contribution in [1.29, 1.82) is 0 Å². The standard InChI is InChI=1S/C13H17NO.C2H6/c1-3-10-5-6-11-7-8-14(4-2)13(15)12(11)9-10;1-2/h5-6,9H,3-4,7-8H2,1-2H3;1-2H3. The van der Waals surface area contributed by atoms with E-state index in [2.05, 4.69) is 25.1 Å². The van der Waals surface area contributed by atoms with Crippen molar-refractivity contribution in [3.8, 4) is 0 Å². The number of fused-ring (bicyclic) bond motifs is 1. The van der Waals surface area contributed by atoms with Crippen molar-refractivity contribution in [1.82, 2.24) is 4.90 Å². The fourth-order valence-corrected chi connectivity index (χ4v) is 2.09. The lowest BCUT2D eigenvalue weighted by atomic mass is 9.96. The van der Waals surface area contributed by atoms with Crippen LogP contribution in [-0.2, 0) is 12.8 Å².